The van der Waals surface area contributed by atoms with Gasteiger partial charge < -0.3 is 10.8 Å². The zero-order valence-corrected chi connectivity index (χ0v) is 10.6. The molecule has 2 aromatic rings. The third-order valence-electron chi connectivity index (χ3n) is 3.06. The van der Waals surface area contributed by atoms with Crippen LogP contribution < -0.4 is 5.73 Å². The number of aliphatic hydroxyl groups is 1. The lowest BCUT2D eigenvalue weighted by Gasteiger charge is -2.11. The summed E-state index contributed by atoms with van der Waals surface area (Å²) in [4.78, 5) is 0. The third kappa shape index (κ3) is 3.18. The van der Waals surface area contributed by atoms with Gasteiger partial charge in [-0.15, -0.1) is 0 Å². The molecule has 0 aliphatic rings. The maximum Gasteiger partial charge on any atom is 0.416 e. The molecule has 2 aromatic carbocycles. The molecule has 3 N–H and O–H groups in total. The summed E-state index contributed by atoms with van der Waals surface area (Å²) in [5.74, 6) is 0. The highest BCUT2D eigenvalue weighted by molar-refractivity contribution is 5.64. The van der Waals surface area contributed by atoms with Crippen molar-refractivity contribution in [1.82, 2.24) is 0 Å². The van der Waals surface area contributed by atoms with E-state index in [1.807, 2.05) is 0 Å². The van der Waals surface area contributed by atoms with Crippen LogP contribution in [-0.4, -0.2) is 11.7 Å². The van der Waals surface area contributed by atoms with Crippen LogP contribution in [0.15, 0.2) is 48.5 Å². The number of benzene rings is 2. The lowest BCUT2D eigenvalue weighted by Crippen LogP contribution is -2.14. The summed E-state index contributed by atoms with van der Waals surface area (Å²) in [5, 5.41) is 9.03. The van der Waals surface area contributed by atoms with Gasteiger partial charge in [-0.2, -0.15) is 13.2 Å². The van der Waals surface area contributed by atoms with Crippen molar-refractivity contribution in [2.45, 2.75) is 12.2 Å². The molecule has 5 heteroatoms. The first-order chi connectivity index (χ1) is 9.41. The van der Waals surface area contributed by atoms with E-state index in [2.05, 4.69) is 0 Å². The molecule has 106 valence electrons. The van der Waals surface area contributed by atoms with Crippen LogP contribution in [0.4, 0.5) is 13.2 Å². The van der Waals surface area contributed by atoms with E-state index >= 15 is 0 Å². The van der Waals surface area contributed by atoms with E-state index in [1.165, 1.54) is 12.1 Å². The minimum atomic E-state index is -4.33. The fourth-order valence-electron chi connectivity index (χ4n) is 1.91. The van der Waals surface area contributed by atoms with Crippen LogP contribution in [0.5, 0.6) is 0 Å². The van der Waals surface area contributed by atoms with Gasteiger partial charge in [-0.25, -0.2) is 0 Å². The molecule has 0 heterocycles. The van der Waals surface area contributed by atoms with Crippen LogP contribution in [0.25, 0.3) is 11.1 Å². The van der Waals surface area contributed by atoms with Gasteiger partial charge in [0.15, 0.2) is 0 Å². The first-order valence-electron chi connectivity index (χ1n) is 6.06. The SMILES string of the molecule is N[C@H](CO)c1cccc(-c2ccc(C(F)(F)F)cc2)c1. The second-order valence-corrected chi connectivity index (χ2v) is 4.49. The minimum Gasteiger partial charge on any atom is -0.394 e. The number of rotatable bonds is 3. The van der Waals surface area contributed by atoms with Gasteiger partial charge in [-0.05, 0) is 34.9 Å². The van der Waals surface area contributed by atoms with E-state index in [0.717, 1.165) is 23.3 Å². The molecular formula is C15H14F3NO. The molecule has 0 unspecified atom stereocenters. The maximum absolute atomic E-state index is 12.5. The third-order valence-corrected chi connectivity index (χ3v) is 3.06. The number of nitrogens with two attached hydrogens (primary N) is 1. The summed E-state index contributed by atoms with van der Waals surface area (Å²) < 4.78 is 37.5. The Hall–Kier alpha value is -1.85. The molecule has 1 atom stereocenters. The van der Waals surface area contributed by atoms with Crippen molar-refractivity contribution in [2.75, 3.05) is 6.61 Å². The predicted molar refractivity (Wildman–Crippen MR) is 70.9 cm³/mol. The number of hydrogen-bond acceptors (Lipinski definition) is 2. The molecule has 0 spiro atoms. The van der Waals surface area contributed by atoms with Crippen molar-refractivity contribution in [3.05, 3.63) is 59.7 Å². The molecule has 0 saturated heterocycles. The summed E-state index contributed by atoms with van der Waals surface area (Å²) in [6.45, 7) is -0.184. The van der Waals surface area contributed by atoms with E-state index in [9.17, 15) is 13.2 Å². The summed E-state index contributed by atoms with van der Waals surface area (Å²) in [6.07, 6.45) is -4.33. The van der Waals surface area contributed by atoms with Crippen molar-refractivity contribution < 1.29 is 18.3 Å². The number of alkyl halides is 3. The molecular weight excluding hydrogens is 267 g/mol. The average Bonchev–Trinajstić information content (AvgIpc) is 2.46. The number of aliphatic hydroxyl groups excluding tert-OH is 1. The van der Waals surface area contributed by atoms with Gasteiger partial charge in [0.1, 0.15) is 0 Å². The standard InChI is InChI=1S/C15H14F3NO/c16-15(17,18)13-6-4-10(5-7-13)11-2-1-3-12(8-11)14(19)9-20/h1-8,14,20H,9,19H2/t14-/m1/s1. The molecule has 0 fully saturated rings. The molecule has 0 amide bonds. The van der Waals surface area contributed by atoms with Gasteiger partial charge in [-0.3, -0.25) is 0 Å². The second-order valence-electron chi connectivity index (χ2n) is 4.49. The van der Waals surface area contributed by atoms with Crippen LogP contribution in [0, 0.1) is 0 Å². The largest absolute Gasteiger partial charge is 0.416 e. The molecule has 0 saturated carbocycles. The van der Waals surface area contributed by atoms with Crippen molar-refractivity contribution in [2.24, 2.45) is 5.73 Å². The van der Waals surface area contributed by atoms with Crippen molar-refractivity contribution in [3.63, 3.8) is 0 Å². The number of hydrogen-bond donors (Lipinski definition) is 2. The predicted octanol–water partition coefficient (Wildman–Crippen LogP) is 3.36. The smallest absolute Gasteiger partial charge is 0.394 e. The molecule has 2 nitrogen and oxygen atoms in total. The van der Waals surface area contributed by atoms with E-state index in [1.54, 1.807) is 24.3 Å². The van der Waals surface area contributed by atoms with E-state index < -0.39 is 17.8 Å². The summed E-state index contributed by atoms with van der Waals surface area (Å²) in [7, 11) is 0. The van der Waals surface area contributed by atoms with Crippen molar-refractivity contribution >= 4 is 0 Å². The van der Waals surface area contributed by atoms with Gasteiger partial charge in [-0.1, -0.05) is 30.3 Å². The van der Waals surface area contributed by atoms with Gasteiger partial charge in [0.05, 0.1) is 18.2 Å². The maximum atomic E-state index is 12.5. The Bertz CT molecular complexity index is 578. The minimum absolute atomic E-state index is 0.184. The van der Waals surface area contributed by atoms with Crippen LogP contribution in [0.1, 0.15) is 17.2 Å². The second kappa shape index (κ2) is 5.64. The summed E-state index contributed by atoms with van der Waals surface area (Å²) in [5.41, 5.74) is 7.22. The Balaban J connectivity index is 2.32. The first kappa shape index (κ1) is 14.6. The highest BCUT2D eigenvalue weighted by Gasteiger charge is 2.29. The quantitative estimate of drug-likeness (QED) is 0.906. The summed E-state index contributed by atoms with van der Waals surface area (Å²) in [6, 6.07) is 11.5. The van der Waals surface area contributed by atoms with Crippen LogP contribution in [-0.2, 0) is 6.18 Å². The zero-order valence-electron chi connectivity index (χ0n) is 10.6. The van der Waals surface area contributed by atoms with Gasteiger partial charge >= 0.3 is 6.18 Å². The molecule has 0 aliphatic carbocycles. The van der Waals surface area contributed by atoms with Crippen LogP contribution >= 0.6 is 0 Å². The van der Waals surface area contributed by atoms with Crippen LogP contribution in [0.2, 0.25) is 0 Å². The molecule has 20 heavy (non-hydrogen) atoms. The van der Waals surface area contributed by atoms with E-state index in [4.69, 9.17) is 10.8 Å². The molecule has 0 aliphatic heterocycles. The van der Waals surface area contributed by atoms with E-state index in [-0.39, 0.29) is 6.61 Å². The Morgan fingerprint density at radius 2 is 1.65 bits per heavy atom. The average molecular weight is 281 g/mol. The van der Waals surface area contributed by atoms with Crippen molar-refractivity contribution in [3.8, 4) is 11.1 Å². The molecule has 2 rings (SSSR count). The fraction of sp³-hybridized carbons (Fsp3) is 0.200. The lowest BCUT2D eigenvalue weighted by molar-refractivity contribution is -0.137. The fourth-order valence-corrected chi connectivity index (χ4v) is 1.91. The Morgan fingerprint density at radius 3 is 2.20 bits per heavy atom. The normalized spacial score (nSPS) is 13.2. The van der Waals surface area contributed by atoms with E-state index in [0.29, 0.717) is 5.56 Å². The molecule has 0 bridgehead atoms. The monoisotopic (exact) mass is 281 g/mol. The zero-order chi connectivity index (χ0) is 14.8. The van der Waals surface area contributed by atoms with Crippen LogP contribution in [0.3, 0.4) is 0 Å². The van der Waals surface area contributed by atoms with Gasteiger partial charge in [0, 0.05) is 0 Å². The van der Waals surface area contributed by atoms with Gasteiger partial charge in [0.25, 0.3) is 0 Å². The Morgan fingerprint density at radius 1 is 1.00 bits per heavy atom. The molecule has 0 radical (unpaired) electrons. The Kier molecular flexibility index (Phi) is 4.11. The Labute approximate surface area is 114 Å². The topological polar surface area (TPSA) is 46.2 Å². The highest BCUT2D eigenvalue weighted by atomic mass is 19.4. The van der Waals surface area contributed by atoms with Crippen molar-refractivity contribution in [1.29, 1.82) is 0 Å². The first-order valence-corrected chi connectivity index (χ1v) is 6.06. The van der Waals surface area contributed by atoms with Gasteiger partial charge in [0.2, 0.25) is 0 Å². The molecule has 0 aromatic heterocycles. The number of halogens is 3. The highest BCUT2D eigenvalue weighted by Crippen LogP contribution is 2.31. The summed E-state index contributed by atoms with van der Waals surface area (Å²) >= 11 is 0. The lowest BCUT2D eigenvalue weighted by atomic mass is 9.99.